The van der Waals surface area contributed by atoms with E-state index in [9.17, 15) is 8.42 Å². The van der Waals surface area contributed by atoms with E-state index in [1.807, 2.05) is 19.0 Å². The molecule has 2 N–H and O–H groups in total. The summed E-state index contributed by atoms with van der Waals surface area (Å²) in [5.41, 5.74) is 2.77. The Hall–Kier alpha value is -2.00. The number of hydrogen-bond acceptors (Lipinski definition) is 6. The summed E-state index contributed by atoms with van der Waals surface area (Å²) >= 11 is 0. The van der Waals surface area contributed by atoms with E-state index in [-0.39, 0.29) is 10.9 Å². The van der Waals surface area contributed by atoms with Crippen molar-refractivity contribution in [2.45, 2.75) is 44.0 Å². The molecule has 0 bridgehead atoms. The van der Waals surface area contributed by atoms with Crippen molar-refractivity contribution < 1.29 is 8.42 Å². The van der Waals surface area contributed by atoms with Crippen LogP contribution < -0.4 is 9.62 Å². The van der Waals surface area contributed by atoms with E-state index in [4.69, 9.17) is 0 Å². The van der Waals surface area contributed by atoms with Crippen LogP contribution in [-0.2, 0) is 16.4 Å². The van der Waals surface area contributed by atoms with E-state index < -0.39 is 10.0 Å². The molecule has 0 unspecified atom stereocenters. The molecule has 0 saturated heterocycles. The number of anilines is 1. The van der Waals surface area contributed by atoms with E-state index in [0.717, 1.165) is 30.5 Å². The van der Waals surface area contributed by atoms with Crippen LogP contribution in [0, 0.1) is 13.8 Å². The Kier molecular flexibility index (Phi) is 4.31. The Morgan fingerprint density at radius 1 is 1.33 bits per heavy atom. The van der Waals surface area contributed by atoms with Gasteiger partial charge in [-0.15, -0.1) is 0 Å². The maximum absolute atomic E-state index is 12.8. The van der Waals surface area contributed by atoms with Gasteiger partial charge >= 0.3 is 0 Å². The van der Waals surface area contributed by atoms with Crippen LogP contribution in [-0.4, -0.2) is 42.7 Å². The van der Waals surface area contributed by atoms with Crippen LogP contribution in [0.25, 0.3) is 0 Å². The molecule has 9 heteroatoms. The molecule has 0 spiro atoms. The second-order valence-electron chi connectivity index (χ2n) is 6.30. The Balaban J connectivity index is 1.93. The molecule has 0 amide bonds. The van der Waals surface area contributed by atoms with Crippen molar-refractivity contribution in [1.82, 2.24) is 24.9 Å². The number of aromatic amines is 1. The van der Waals surface area contributed by atoms with Gasteiger partial charge in [0.05, 0.1) is 23.1 Å². The highest BCUT2D eigenvalue weighted by Gasteiger charge is 2.30. The molecule has 2 aromatic heterocycles. The molecule has 1 atom stereocenters. The second-order valence-corrected chi connectivity index (χ2v) is 7.95. The first kappa shape index (κ1) is 16.8. The van der Waals surface area contributed by atoms with Gasteiger partial charge in [0.2, 0.25) is 16.0 Å². The van der Waals surface area contributed by atoms with Gasteiger partial charge < -0.3 is 4.90 Å². The van der Waals surface area contributed by atoms with E-state index >= 15 is 0 Å². The molecule has 2 aromatic rings. The topological polar surface area (TPSA) is 104 Å². The number of aromatic nitrogens is 4. The van der Waals surface area contributed by atoms with Gasteiger partial charge in [0.15, 0.2) is 0 Å². The minimum absolute atomic E-state index is 0.223. The molecule has 2 heterocycles. The van der Waals surface area contributed by atoms with Crippen LogP contribution >= 0.6 is 0 Å². The van der Waals surface area contributed by atoms with E-state index in [2.05, 4.69) is 24.9 Å². The van der Waals surface area contributed by atoms with Gasteiger partial charge in [0.1, 0.15) is 4.90 Å². The number of sulfonamides is 1. The Labute approximate surface area is 141 Å². The zero-order valence-corrected chi connectivity index (χ0v) is 15.1. The highest BCUT2D eigenvalue weighted by Crippen LogP contribution is 2.31. The fraction of sp³-hybridized carbons (Fsp3) is 0.533. The molecule has 8 nitrogen and oxygen atoms in total. The van der Waals surface area contributed by atoms with Crippen LogP contribution in [0.5, 0.6) is 0 Å². The summed E-state index contributed by atoms with van der Waals surface area (Å²) < 4.78 is 28.3. The SMILES string of the molecule is Cc1n[nH]c(C)c1S(=O)(=O)N[C@H]1CCCc2nc(N(C)C)ncc21. The van der Waals surface area contributed by atoms with Gasteiger partial charge in [-0.25, -0.2) is 23.1 Å². The highest BCUT2D eigenvalue weighted by molar-refractivity contribution is 7.89. The number of aryl methyl sites for hydroxylation is 3. The molecule has 24 heavy (non-hydrogen) atoms. The quantitative estimate of drug-likeness (QED) is 0.860. The van der Waals surface area contributed by atoms with Gasteiger partial charge in [0.25, 0.3) is 0 Å². The minimum Gasteiger partial charge on any atom is -0.347 e. The summed E-state index contributed by atoms with van der Waals surface area (Å²) in [6, 6.07) is -0.316. The molecule has 0 radical (unpaired) electrons. The molecule has 1 aliphatic rings. The lowest BCUT2D eigenvalue weighted by Crippen LogP contribution is -2.32. The van der Waals surface area contributed by atoms with Crippen molar-refractivity contribution in [3.05, 3.63) is 28.8 Å². The average Bonchev–Trinajstić information content (AvgIpc) is 2.86. The lowest BCUT2D eigenvalue weighted by atomic mass is 9.93. The van der Waals surface area contributed by atoms with Crippen molar-refractivity contribution in [2.24, 2.45) is 0 Å². The summed E-state index contributed by atoms with van der Waals surface area (Å²) in [5, 5.41) is 6.70. The van der Waals surface area contributed by atoms with Gasteiger partial charge in [-0.2, -0.15) is 5.10 Å². The third kappa shape index (κ3) is 3.01. The van der Waals surface area contributed by atoms with E-state index in [1.165, 1.54) is 0 Å². The van der Waals surface area contributed by atoms with Crippen molar-refractivity contribution >= 4 is 16.0 Å². The summed E-state index contributed by atoms with van der Waals surface area (Å²) in [5.74, 6) is 0.638. The largest absolute Gasteiger partial charge is 0.347 e. The standard InChI is InChI=1S/C15H22N6O2S/c1-9-14(10(2)19-18-9)24(22,23)20-13-7-5-6-12-11(13)8-16-15(17-12)21(3)4/h8,13,20H,5-7H2,1-4H3,(H,18,19)/t13-/m0/s1. The predicted molar refractivity (Wildman–Crippen MR) is 90.4 cm³/mol. The maximum atomic E-state index is 12.8. The first-order valence-electron chi connectivity index (χ1n) is 7.86. The molecule has 0 fully saturated rings. The zero-order chi connectivity index (χ0) is 17.5. The van der Waals surface area contributed by atoms with Gasteiger partial charge in [-0.3, -0.25) is 5.10 Å². The number of nitrogens with one attached hydrogen (secondary N) is 2. The number of hydrogen-bond donors (Lipinski definition) is 2. The highest BCUT2D eigenvalue weighted by atomic mass is 32.2. The van der Waals surface area contributed by atoms with Gasteiger partial charge in [-0.1, -0.05) is 0 Å². The second kappa shape index (κ2) is 6.14. The third-order valence-corrected chi connectivity index (χ3v) is 5.93. The van der Waals surface area contributed by atoms with Gasteiger partial charge in [0, 0.05) is 25.9 Å². The molecular formula is C15H22N6O2S. The fourth-order valence-electron chi connectivity index (χ4n) is 3.06. The average molecular weight is 350 g/mol. The van der Waals surface area contributed by atoms with Crippen LogP contribution in [0.1, 0.15) is 41.5 Å². The lowest BCUT2D eigenvalue weighted by molar-refractivity contribution is 0.499. The molecule has 0 saturated carbocycles. The Morgan fingerprint density at radius 2 is 2.08 bits per heavy atom. The number of H-pyrrole nitrogens is 1. The van der Waals surface area contributed by atoms with Crippen molar-refractivity contribution in [3.63, 3.8) is 0 Å². The van der Waals surface area contributed by atoms with Crippen LogP contribution in [0.15, 0.2) is 11.1 Å². The maximum Gasteiger partial charge on any atom is 0.244 e. The molecular weight excluding hydrogens is 328 g/mol. The molecule has 0 aliphatic heterocycles. The molecule has 3 rings (SSSR count). The zero-order valence-electron chi connectivity index (χ0n) is 14.3. The number of rotatable bonds is 4. The Bertz CT molecular complexity index is 839. The fourth-order valence-corrected chi connectivity index (χ4v) is 4.68. The summed E-state index contributed by atoms with van der Waals surface area (Å²) in [4.78, 5) is 10.9. The van der Waals surface area contributed by atoms with Crippen molar-refractivity contribution in [2.75, 3.05) is 19.0 Å². The van der Waals surface area contributed by atoms with Crippen LogP contribution in [0.4, 0.5) is 5.95 Å². The molecule has 130 valence electrons. The molecule has 0 aromatic carbocycles. The Morgan fingerprint density at radius 3 is 2.71 bits per heavy atom. The third-order valence-electron chi connectivity index (χ3n) is 4.20. The first-order valence-corrected chi connectivity index (χ1v) is 9.35. The van der Waals surface area contributed by atoms with Crippen molar-refractivity contribution in [3.8, 4) is 0 Å². The predicted octanol–water partition coefficient (Wildman–Crippen LogP) is 1.24. The smallest absolute Gasteiger partial charge is 0.244 e. The normalized spacial score (nSPS) is 17.6. The monoisotopic (exact) mass is 350 g/mol. The van der Waals surface area contributed by atoms with E-state index in [0.29, 0.717) is 17.3 Å². The number of fused-ring (bicyclic) bond motifs is 1. The van der Waals surface area contributed by atoms with Crippen LogP contribution in [0.3, 0.4) is 0 Å². The summed E-state index contributed by atoms with van der Waals surface area (Å²) in [6.45, 7) is 3.38. The first-order chi connectivity index (χ1) is 11.3. The van der Waals surface area contributed by atoms with Crippen molar-refractivity contribution in [1.29, 1.82) is 0 Å². The van der Waals surface area contributed by atoms with E-state index in [1.54, 1.807) is 20.0 Å². The summed E-state index contributed by atoms with van der Waals surface area (Å²) in [6.07, 6.45) is 4.18. The van der Waals surface area contributed by atoms with Crippen LogP contribution in [0.2, 0.25) is 0 Å². The lowest BCUT2D eigenvalue weighted by Gasteiger charge is -2.26. The van der Waals surface area contributed by atoms with Gasteiger partial charge in [-0.05, 0) is 33.1 Å². The molecule has 1 aliphatic carbocycles. The number of nitrogens with zero attached hydrogens (tertiary/aromatic N) is 4. The minimum atomic E-state index is -3.66. The summed E-state index contributed by atoms with van der Waals surface area (Å²) in [7, 11) is 0.111.